The molecule has 1 unspecified atom stereocenters. The number of rotatable bonds is 4. The van der Waals surface area contributed by atoms with E-state index in [4.69, 9.17) is 5.73 Å². The lowest BCUT2D eigenvalue weighted by molar-refractivity contribution is -0.0478. The Kier molecular flexibility index (Phi) is 2.54. The van der Waals surface area contributed by atoms with Crippen LogP contribution < -0.4 is 5.73 Å². The second kappa shape index (κ2) is 3.98. The van der Waals surface area contributed by atoms with E-state index in [0.717, 1.165) is 35.5 Å². The van der Waals surface area contributed by atoms with Gasteiger partial charge < -0.3 is 5.73 Å². The Hall–Kier alpha value is -0.0400. The quantitative estimate of drug-likeness (QED) is 0.789. The molecule has 5 saturated carbocycles. The van der Waals surface area contributed by atoms with E-state index < -0.39 is 0 Å². The summed E-state index contributed by atoms with van der Waals surface area (Å²) in [5.74, 6) is 6.24. The lowest BCUT2D eigenvalue weighted by Crippen LogP contribution is -2.51. The van der Waals surface area contributed by atoms with Gasteiger partial charge in [-0.05, 0) is 80.5 Å². The van der Waals surface area contributed by atoms with Gasteiger partial charge >= 0.3 is 0 Å². The van der Waals surface area contributed by atoms with Gasteiger partial charge in [-0.2, -0.15) is 0 Å². The molecule has 1 atom stereocenters. The Morgan fingerprint density at radius 1 is 0.882 bits per heavy atom. The van der Waals surface area contributed by atoms with Crippen LogP contribution in [0.5, 0.6) is 0 Å². The first kappa shape index (κ1) is 10.8. The van der Waals surface area contributed by atoms with Crippen molar-refractivity contribution in [1.29, 1.82) is 0 Å². The smallest absolute Gasteiger partial charge is 0.00725 e. The van der Waals surface area contributed by atoms with E-state index in [1.54, 1.807) is 6.42 Å². The highest BCUT2D eigenvalue weighted by molar-refractivity contribution is 5.01. The topological polar surface area (TPSA) is 26.0 Å². The summed E-state index contributed by atoms with van der Waals surface area (Å²) in [5.41, 5.74) is 6.58. The van der Waals surface area contributed by atoms with E-state index >= 15 is 0 Å². The molecule has 17 heavy (non-hydrogen) atoms. The van der Waals surface area contributed by atoms with E-state index in [1.165, 1.54) is 51.4 Å². The van der Waals surface area contributed by atoms with Crippen molar-refractivity contribution in [3.63, 3.8) is 0 Å². The van der Waals surface area contributed by atoms with Gasteiger partial charge in [-0.1, -0.05) is 12.8 Å². The maximum atomic E-state index is 6.58. The van der Waals surface area contributed by atoms with Gasteiger partial charge in [-0.3, -0.25) is 0 Å². The van der Waals surface area contributed by atoms with Crippen LogP contribution in [0.3, 0.4) is 0 Å². The highest BCUT2D eigenvalue weighted by Crippen LogP contribution is 2.57. The molecule has 5 aliphatic rings. The molecule has 0 aromatic rings. The van der Waals surface area contributed by atoms with E-state index in [0.29, 0.717) is 6.04 Å². The predicted octanol–water partition coefficient (Wildman–Crippen LogP) is 3.58. The molecule has 5 fully saturated rings. The molecule has 0 aliphatic heterocycles. The van der Waals surface area contributed by atoms with Crippen molar-refractivity contribution in [3.05, 3.63) is 0 Å². The predicted molar refractivity (Wildman–Crippen MR) is 70.5 cm³/mol. The lowest BCUT2D eigenvalue weighted by atomic mass is 9.50. The average molecular weight is 233 g/mol. The summed E-state index contributed by atoms with van der Waals surface area (Å²) in [6.45, 7) is 0. The van der Waals surface area contributed by atoms with Crippen LogP contribution >= 0.6 is 0 Å². The van der Waals surface area contributed by atoms with Gasteiger partial charge in [0.15, 0.2) is 0 Å². The molecule has 0 amide bonds. The minimum absolute atomic E-state index is 0.547. The Labute approximate surface area is 106 Å². The van der Waals surface area contributed by atoms with Crippen LogP contribution in [0.1, 0.15) is 57.8 Å². The zero-order valence-corrected chi connectivity index (χ0v) is 11.0. The second-order valence-corrected chi connectivity index (χ2v) is 7.69. The molecule has 5 rings (SSSR count). The van der Waals surface area contributed by atoms with Crippen LogP contribution in [0.2, 0.25) is 0 Å². The van der Waals surface area contributed by atoms with Crippen LogP contribution in [0.4, 0.5) is 0 Å². The number of hydrogen-bond acceptors (Lipinski definition) is 1. The van der Waals surface area contributed by atoms with E-state index in [-0.39, 0.29) is 0 Å². The summed E-state index contributed by atoms with van der Waals surface area (Å²) >= 11 is 0. The summed E-state index contributed by atoms with van der Waals surface area (Å²) in [4.78, 5) is 0. The van der Waals surface area contributed by atoms with Crippen molar-refractivity contribution in [1.82, 2.24) is 0 Å². The molecule has 96 valence electrons. The van der Waals surface area contributed by atoms with Gasteiger partial charge in [0.1, 0.15) is 0 Å². The van der Waals surface area contributed by atoms with Crippen LogP contribution in [0.15, 0.2) is 0 Å². The van der Waals surface area contributed by atoms with Gasteiger partial charge in [0, 0.05) is 6.04 Å². The van der Waals surface area contributed by atoms with E-state index in [1.807, 2.05) is 0 Å². The first-order valence-corrected chi connectivity index (χ1v) is 8.05. The Morgan fingerprint density at radius 3 is 2.00 bits per heavy atom. The molecular weight excluding hydrogens is 206 g/mol. The molecule has 0 radical (unpaired) electrons. The summed E-state index contributed by atoms with van der Waals surface area (Å²) in [6, 6.07) is 0.547. The second-order valence-electron chi connectivity index (χ2n) is 7.69. The molecule has 2 N–H and O–H groups in total. The normalized spacial score (nSPS) is 49.6. The average Bonchev–Trinajstić information content (AvgIpc) is 3.08. The zero-order valence-electron chi connectivity index (χ0n) is 11.0. The molecule has 0 saturated heterocycles. The van der Waals surface area contributed by atoms with Gasteiger partial charge in [0.05, 0.1) is 0 Å². The van der Waals surface area contributed by atoms with E-state index in [9.17, 15) is 0 Å². The molecule has 0 spiro atoms. The molecule has 1 nitrogen and oxygen atoms in total. The molecule has 5 aliphatic carbocycles. The van der Waals surface area contributed by atoms with E-state index in [2.05, 4.69) is 0 Å². The van der Waals surface area contributed by atoms with Crippen molar-refractivity contribution in [2.24, 2.45) is 41.2 Å². The van der Waals surface area contributed by atoms with Gasteiger partial charge in [-0.15, -0.1) is 0 Å². The first-order valence-electron chi connectivity index (χ1n) is 8.05. The van der Waals surface area contributed by atoms with Crippen molar-refractivity contribution < 1.29 is 0 Å². The van der Waals surface area contributed by atoms with Crippen LogP contribution in [-0.4, -0.2) is 6.04 Å². The monoisotopic (exact) mass is 233 g/mol. The highest BCUT2D eigenvalue weighted by Gasteiger charge is 2.49. The third-order valence-electron chi connectivity index (χ3n) is 6.40. The molecule has 4 bridgehead atoms. The maximum Gasteiger partial charge on any atom is 0.00725 e. The van der Waals surface area contributed by atoms with Gasteiger partial charge in [0.25, 0.3) is 0 Å². The van der Waals surface area contributed by atoms with Crippen molar-refractivity contribution in [3.8, 4) is 0 Å². The summed E-state index contributed by atoms with van der Waals surface area (Å²) in [6.07, 6.45) is 13.5. The first-order chi connectivity index (χ1) is 8.29. The van der Waals surface area contributed by atoms with Crippen LogP contribution in [0.25, 0.3) is 0 Å². The fraction of sp³-hybridized carbons (Fsp3) is 1.00. The molecule has 0 aromatic heterocycles. The van der Waals surface area contributed by atoms with Crippen molar-refractivity contribution in [2.45, 2.75) is 63.8 Å². The van der Waals surface area contributed by atoms with Gasteiger partial charge in [0.2, 0.25) is 0 Å². The minimum Gasteiger partial charge on any atom is -0.327 e. The standard InChI is InChI=1S/C16H27N/c17-15(4-3-10-1-2-10)16-13-6-11-5-12(8-13)9-14(16)7-11/h10-16H,1-9,17H2. The zero-order chi connectivity index (χ0) is 11.4. The van der Waals surface area contributed by atoms with Crippen LogP contribution in [-0.2, 0) is 0 Å². The fourth-order valence-corrected chi connectivity index (χ4v) is 5.69. The fourth-order valence-electron chi connectivity index (χ4n) is 5.69. The minimum atomic E-state index is 0.547. The summed E-state index contributed by atoms with van der Waals surface area (Å²) in [5, 5.41) is 0. The number of nitrogens with two attached hydrogens (primary N) is 1. The third kappa shape index (κ3) is 1.95. The maximum absolute atomic E-state index is 6.58. The van der Waals surface area contributed by atoms with Gasteiger partial charge in [-0.25, -0.2) is 0 Å². The summed E-state index contributed by atoms with van der Waals surface area (Å²) < 4.78 is 0. The summed E-state index contributed by atoms with van der Waals surface area (Å²) in [7, 11) is 0. The molecule has 0 heterocycles. The van der Waals surface area contributed by atoms with Crippen molar-refractivity contribution in [2.75, 3.05) is 0 Å². The van der Waals surface area contributed by atoms with Crippen LogP contribution in [0, 0.1) is 35.5 Å². The Bertz CT molecular complexity index is 266. The molecule has 0 aromatic carbocycles. The molecular formula is C16H27N. The molecule has 1 heteroatoms. The Balaban J connectivity index is 1.42. The van der Waals surface area contributed by atoms with Crippen molar-refractivity contribution >= 4 is 0 Å². The lowest BCUT2D eigenvalue weighted by Gasteiger charge is -2.56. The highest BCUT2D eigenvalue weighted by atomic mass is 14.7. The largest absolute Gasteiger partial charge is 0.327 e. The number of hydrogen-bond donors (Lipinski definition) is 1. The SMILES string of the molecule is NC(CCC1CC1)C1C2CC3CC(C2)CC1C3. The third-order valence-corrected chi connectivity index (χ3v) is 6.40. The Morgan fingerprint density at radius 2 is 1.47 bits per heavy atom.